The molecule has 4 heterocycles. The number of hydrogen-bond donors (Lipinski definition) is 1. The number of nitrogens with zero attached hydrogens (tertiary/aromatic N) is 2. The molecule has 0 aliphatic carbocycles. The number of pyridine rings is 2. The molecular formula is C21H15Cl2FN2O4. The van der Waals surface area contributed by atoms with Gasteiger partial charge in [-0.25, -0.2) is 14.2 Å². The minimum Gasteiger partial charge on any atom is -0.458 e. The fourth-order valence-corrected chi connectivity index (χ4v) is 4.78. The van der Waals surface area contributed by atoms with E-state index in [1.54, 1.807) is 13.0 Å². The minimum atomic E-state index is -1.91. The molecule has 0 spiro atoms. The van der Waals surface area contributed by atoms with E-state index < -0.39 is 17.4 Å². The number of alkyl halides is 1. The van der Waals surface area contributed by atoms with Crippen LogP contribution >= 0.6 is 23.2 Å². The molecule has 0 fully saturated rings. The zero-order valence-electron chi connectivity index (χ0n) is 15.8. The van der Waals surface area contributed by atoms with Gasteiger partial charge in [0.1, 0.15) is 12.4 Å². The molecule has 2 aliphatic heterocycles. The van der Waals surface area contributed by atoms with Crippen molar-refractivity contribution < 1.29 is 19.0 Å². The van der Waals surface area contributed by atoms with Crippen molar-refractivity contribution in [3.8, 4) is 11.4 Å². The van der Waals surface area contributed by atoms with Crippen molar-refractivity contribution in [2.45, 2.75) is 38.0 Å². The monoisotopic (exact) mass is 448 g/mol. The highest BCUT2D eigenvalue weighted by Crippen LogP contribution is 2.41. The average molecular weight is 449 g/mol. The molecule has 1 aromatic carbocycles. The molecule has 0 amide bonds. The fraction of sp³-hybridized carbons (Fsp3) is 0.286. The number of benzene rings is 1. The van der Waals surface area contributed by atoms with Gasteiger partial charge in [-0.05, 0) is 24.1 Å². The van der Waals surface area contributed by atoms with Crippen molar-refractivity contribution in [3.05, 3.63) is 61.6 Å². The lowest BCUT2D eigenvalue weighted by molar-refractivity contribution is -0.172. The molecule has 1 N–H and O–H groups in total. The van der Waals surface area contributed by atoms with Gasteiger partial charge in [-0.3, -0.25) is 4.79 Å². The van der Waals surface area contributed by atoms with Gasteiger partial charge < -0.3 is 14.4 Å². The Kier molecular flexibility index (Phi) is 4.23. The molecule has 30 heavy (non-hydrogen) atoms. The molecule has 6 nitrogen and oxygen atoms in total. The van der Waals surface area contributed by atoms with E-state index in [0.717, 1.165) is 5.56 Å². The van der Waals surface area contributed by atoms with Gasteiger partial charge in [-0.15, -0.1) is 11.6 Å². The first-order chi connectivity index (χ1) is 14.3. The highest BCUT2D eigenvalue weighted by atomic mass is 35.5. The Balaban J connectivity index is 1.84. The summed E-state index contributed by atoms with van der Waals surface area (Å²) in [7, 11) is 0. The van der Waals surface area contributed by atoms with Crippen LogP contribution in [0, 0.1) is 5.82 Å². The Morgan fingerprint density at radius 1 is 1.30 bits per heavy atom. The number of cyclic esters (lactones) is 1. The smallest absolute Gasteiger partial charge is 0.343 e. The van der Waals surface area contributed by atoms with Crippen molar-refractivity contribution in [1.82, 2.24) is 9.55 Å². The molecule has 3 aromatic rings. The summed E-state index contributed by atoms with van der Waals surface area (Å²) in [6.07, 6.45) is 0.0520. The second kappa shape index (κ2) is 6.51. The van der Waals surface area contributed by atoms with E-state index in [1.165, 1.54) is 16.7 Å². The van der Waals surface area contributed by atoms with E-state index in [1.807, 2.05) is 0 Å². The van der Waals surface area contributed by atoms with Crippen LogP contribution < -0.4 is 5.56 Å². The molecule has 2 aliphatic rings. The summed E-state index contributed by atoms with van der Waals surface area (Å²) in [6, 6.07) is 4.32. The Bertz CT molecular complexity index is 1340. The maximum atomic E-state index is 14.1. The summed E-state index contributed by atoms with van der Waals surface area (Å²) in [4.78, 5) is 30.0. The van der Waals surface area contributed by atoms with E-state index in [2.05, 4.69) is 4.98 Å². The van der Waals surface area contributed by atoms with Crippen molar-refractivity contribution >= 4 is 40.1 Å². The van der Waals surface area contributed by atoms with Gasteiger partial charge in [0.15, 0.2) is 5.60 Å². The topological polar surface area (TPSA) is 81.4 Å². The Morgan fingerprint density at radius 2 is 2.07 bits per heavy atom. The minimum absolute atomic E-state index is 0.0394. The second-order valence-corrected chi connectivity index (χ2v) is 8.11. The zero-order chi connectivity index (χ0) is 21.4. The van der Waals surface area contributed by atoms with Crippen molar-refractivity contribution in [2.75, 3.05) is 0 Å². The van der Waals surface area contributed by atoms with Crippen LogP contribution in [0.15, 0.2) is 23.0 Å². The third kappa shape index (κ3) is 2.43. The van der Waals surface area contributed by atoms with Crippen molar-refractivity contribution in [2.24, 2.45) is 0 Å². The molecular weight excluding hydrogens is 434 g/mol. The predicted octanol–water partition coefficient (Wildman–Crippen LogP) is 3.61. The third-order valence-corrected chi connectivity index (χ3v) is 6.54. The zero-order valence-corrected chi connectivity index (χ0v) is 17.3. The van der Waals surface area contributed by atoms with Gasteiger partial charge in [0.2, 0.25) is 0 Å². The van der Waals surface area contributed by atoms with Crippen LogP contribution in [-0.4, -0.2) is 20.6 Å². The lowest BCUT2D eigenvalue weighted by Crippen LogP contribution is -2.44. The van der Waals surface area contributed by atoms with Crippen molar-refractivity contribution in [3.63, 3.8) is 0 Å². The second-order valence-electron chi connectivity index (χ2n) is 7.44. The van der Waals surface area contributed by atoms with E-state index in [-0.39, 0.29) is 47.2 Å². The fourth-order valence-electron chi connectivity index (χ4n) is 4.31. The molecule has 2 aromatic heterocycles. The Hall–Kier alpha value is -2.48. The first-order valence-electron chi connectivity index (χ1n) is 9.33. The first kappa shape index (κ1) is 19.5. The molecule has 0 saturated heterocycles. The van der Waals surface area contributed by atoms with Crippen LogP contribution in [0.4, 0.5) is 4.39 Å². The normalized spacial score (nSPS) is 19.4. The molecule has 5 rings (SSSR count). The molecule has 0 radical (unpaired) electrons. The van der Waals surface area contributed by atoms with Crippen LogP contribution in [-0.2, 0) is 34.2 Å². The van der Waals surface area contributed by atoms with Crippen LogP contribution in [0.25, 0.3) is 22.3 Å². The molecule has 0 saturated carbocycles. The highest BCUT2D eigenvalue weighted by Gasteiger charge is 2.45. The largest absolute Gasteiger partial charge is 0.458 e. The molecule has 1 atom stereocenters. The van der Waals surface area contributed by atoms with Crippen LogP contribution in [0.5, 0.6) is 0 Å². The quantitative estimate of drug-likeness (QED) is 0.374. The van der Waals surface area contributed by atoms with Crippen molar-refractivity contribution in [1.29, 1.82) is 0 Å². The average Bonchev–Trinajstić information content (AvgIpc) is 3.09. The predicted molar refractivity (Wildman–Crippen MR) is 109 cm³/mol. The summed E-state index contributed by atoms with van der Waals surface area (Å²) >= 11 is 12.2. The van der Waals surface area contributed by atoms with Crippen LogP contribution in [0.3, 0.4) is 0 Å². The lowest BCUT2D eigenvalue weighted by Gasteiger charge is -2.31. The molecule has 0 unspecified atom stereocenters. The summed E-state index contributed by atoms with van der Waals surface area (Å²) in [5.74, 6) is -1.28. The van der Waals surface area contributed by atoms with E-state index >= 15 is 0 Å². The third-order valence-electron chi connectivity index (χ3n) is 5.98. The number of rotatable bonds is 2. The molecule has 154 valence electrons. The van der Waals surface area contributed by atoms with Gasteiger partial charge in [-0.1, -0.05) is 18.5 Å². The Morgan fingerprint density at radius 3 is 2.77 bits per heavy atom. The summed E-state index contributed by atoms with van der Waals surface area (Å²) in [6.45, 7) is 1.65. The number of halogens is 3. The maximum Gasteiger partial charge on any atom is 0.343 e. The number of ether oxygens (including phenoxy) is 1. The highest BCUT2D eigenvalue weighted by molar-refractivity contribution is 6.31. The molecule has 9 heteroatoms. The van der Waals surface area contributed by atoms with E-state index in [9.17, 15) is 19.1 Å². The van der Waals surface area contributed by atoms with E-state index in [4.69, 9.17) is 27.9 Å². The van der Waals surface area contributed by atoms with E-state index in [0.29, 0.717) is 27.9 Å². The van der Waals surface area contributed by atoms with Gasteiger partial charge >= 0.3 is 5.97 Å². The first-order valence-corrected chi connectivity index (χ1v) is 10.2. The summed E-state index contributed by atoms with van der Waals surface area (Å²) in [5.41, 5.74) is 0.893. The van der Waals surface area contributed by atoms with Gasteiger partial charge in [0.25, 0.3) is 5.56 Å². The maximum absolute atomic E-state index is 14.1. The SMILES string of the molecule is CC[C@@]1(O)C(=O)OCc2c1cc1n(c2=O)Cc2c-1nc1cc(F)c(Cl)cc1c2CCl. The van der Waals surface area contributed by atoms with Crippen LogP contribution in [0.1, 0.15) is 35.6 Å². The number of aliphatic hydroxyl groups is 1. The standard InChI is InChI=1S/C21H15Cl2FN2O4/c1-2-21(29)13-4-17-18-11(7-26(17)19(27)12(13)8-30-20(21)28)10(6-22)9-3-14(23)15(24)5-16(9)25-18/h3-5,29H,2,6-8H2,1H3/t21-/m0/s1. The Labute approximate surface area is 179 Å². The number of carbonyl (C=O) groups is 1. The van der Waals surface area contributed by atoms with Gasteiger partial charge in [-0.2, -0.15) is 0 Å². The summed E-state index contributed by atoms with van der Waals surface area (Å²) in [5, 5.41) is 11.5. The number of hydrogen-bond acceptors (Lipinski definition) is 5. The van der Waals surface area contributed by atoms with Crippen LogP contribution in [0.2, 0.25) is 5.02 Å². The number of aromatic nitrogens is 2. The number of carbonyl (C=O) groups excluding carboxylic acids is 1. The van der Waals surface area contributed by atoms with Gasteiger partial charge in [0, 0.05) is 28.5 Å². The number of fused-ring (bicyclic) bond motifs is 5. The van der Waals surface area contributed by atoms with Gasteiger partial charge in [0.05, 0.1) is 34.0 Å². The molecule has 0 bridgehead atoms. The number of esters is 1. The summed E-state index contributed by atoms with van der Waals surface area (Å²) < 4.78 is 20.6. The lowest BCUT2D eigenvalue weighted by atomic mass is 9.86.